The third-order valence-corrected chi connectivity index (χ3v) is 5.61. The third-order valence-electron chi connectivity index (χ3n) is 4.71. The van der Waals surface area contributed by atoms with Gasteiger partial charge in [0.25, 0.3) is 16.8 Å². The highest BCUT2D eigenvalue weighted by molar-refractivity contribution is 7.09. The number of rotatable bonds is 8. The maximum absolute atomic E-state index is 12.2. The van der Waals surface area contributed by atoms with Crippen LogP contribution in [0.15, 0.2) is 45.3 Å². The maximum atomic E-state index is 12.2. The number of hydrogen-bond acceptors (Lipinski definition) is 7. The van der Waals surface area contributed by atoms with Gasteiger partial charge in [-0.15, -0.1) is 11.3 Å². The molecule has 7 nitrogen and oxygen atoms in total. The molecule has 1 heterocycles. The molecule has 0 aliphatic rings. The first kappa shape index (κ1) is 20.6. The number of aromatic hydroxyl groups is 1. The molecule has 1 amide bonds. The van der Waals surface area contributed by atoms with Crippen LogP contribution in [0.3, 0.4) is 0 Å². The number of para-hydroxylation sites is 1. The highest BCUT2D eigenvalue weighted by atomic mass is 32.1. The van der Waals surface area contributed by atoms with Gasteiger partial charge in [0.2, 0.25) is 0 Å². The molecule has 0 spiro atoms. The van der Waals surface area contributed by atoms with Gasteiger partial charge in [-0.25, -0.2) is 0 Å². The first-order valence-electron chi connectivity index (χ1n) is 9.26. The molecule has 8 heteroatoms. The number of anilines is 3. The summed E-state index contributed by atoms with van der Waals surface area (Å²) < 4.78 is 0. The normalized spacial score (nSPS) is 12.0. The Morgan fingerprint density at radius 3 is 2.48 bits per heavy atom. The van der Waals surface area contributed by atoms with Crippen LogP contribution < -0.4 is 21.5 Å². The van der Waals surface area contributed by atoms with Crippen molar-refractivity contribution in [3.63, 3.8) is 0 Å². The molecule has 2 aromatic carbocycles. The highest BCUT2D eigenvalue weighted by Gasteiger charge is 2.25. The van der Waals surface area contributed by atoms with Crippen molar-refractivity contribution < 1.29 is 9.90 Å². The molecule has 0 bridgehead atoms. The van der Waals surface area contributed by atoms with Crippen molar-refractivity contribution in [3.05, 3.63) is 66.6 Å². The summed E-state index contributed by atoms with van der Waals surface area (Å²) in [6.45, 7) is 2.01. The van der Waals surface area contributed by atoms with Crippen LogP contribution in [0.1, 0.15) is 28.6 Å². The minimum absolute atomic E-state index is 0.00671. The van der Waals surface area contributed by atoms with Crippen molar-refractivity contribution in [2.45, 2.75) is 25.8 Å². The minimum atomic E-state index is -0.651. The van der Waals surface area contributed by atoms with Gasteiger partial charge in [0, 0.05) is 31.4 Å². The number of benzene rings is 1. The van der Waals surface area contributed by atoms with E-state index >= 15 is 0 Å². The monoisotopic (exact) mass is 413 g/mol. The number of carbonyl (C=O) groups is 1. The summed E-state index contributed by atoms with van der Waals surface area (Å²) in [6, 6.07) is 8.64. The average Bonchev–Trinajstić information content (AvgIpc) is 3.22. The number of nitrogens with one attached hydrogen (secondary N) is 2. The number of hydrogen-bond donors (Lipinski definition) is 3. The molecule has 152 valence electrons. The Labute approximate surface area is 172 Å². The van der Waals surface area contributed by atoms with E-state index in [9.17, 15) is 19.5 Å². The van der Waals surface area contributed by atoms with Gasteiger partial charge < -0.3 is 20.6 Å². The van der Waals surface area contributed by atoms with E-state index < -0.39 is 10.9 Å². The summed E-state index contributed by atoms with van der Waals surface area (Å²) >= 11 is 1.64. The number of nitrogens with zero attached hydrogens (tertiary/aromatic N) is 1. The van der Waals surface area contributed by atoms with Crippen LogP contribution >= 0.6 is 11.3 Å². The van der Waals surface area contributed by atoms with E-state index in [2.05, 4.69) is 10.6 Å². The molecule has 0 saturated heterocycles. The van der Waals surface area contributed by atoms with E-state index in [-0.39, 0.29) is 40.3 Å². The predicted molar refractivity (Wildman–Crippen MR) is 116 cm³/mol. The Morgan fingerprint density at radius 1 is 1.14 bits per heavy atom. The largest absolute Gasteiger partial charge is 0.505 e. The second-order valence-corrected chi connectivity index (χ2v) is 8.00. The Hall–Kier alpha value is -3.13. The van der Waals surface area contributed by atoms with Crippen LogP contribution in [0.25, 0.3) is 0 Å². The molecule has 0 unspecified atom stereocenters. The molecule has 0 fully saturated rings. The predicted octanol–water partition coefficient (Wildman–Crippen LogP) is 2.93. The van der Waals surface area contributed by atoms with Gasteiger partial charge >= 0.3 is 0 Å². The van der Waals surface area contributed by atoms with Crippen LogP contribution in [0.5, 0.6) is 5.75 Å². The van der Waals surface area contributed by atoms with E-state index in [1.165, 1.54) is 15.8 Å². The number of amides is 1. The molecule has 0 aliphatic carbocycles. The second-order valence-electron chi connectivity index (χ2n) is 6.97. The summed E-state index contributed by atoms with van der Waals surface area (Å²) in [5.41, 5.74) is -0.623. The van der Waals surface area contributed by atoms with Crippen molar-refractivity contribution in [2.75, 3.05) is 24.7 Å². The van der Waals surface area contributed by atoms with Crippen molar-refractivity contribution in [3.8, 4) is 5.75 Å². The van der Waals surface area contributed by atoms with Crippen molar-refractivity contribution >= 4 is 34.3 Å². The number of thiophene rings is 1. The number of phenolic OH excluding ortho intramolecular Hbond substituents is 1. The first-order valence-corrected chi connectivity index (χ1v) is 10.1. The maximum Gasteiger partial charge on any atom is 0.257 e. The third kappa shape index (κ3) is 4.17. The summed E-state index contributed by atoms with van der Waals surface area (Å²) in [4.78, 5) is 39.0. The molecule has 1 atom stereocenters. The van der Waals surface area contributed by atoms with Gasteiger partial charge in [-0.3, -0.25) is 14.4 Å². The molecule has 3 aromatic rings. The molecular weight excluding hydrogens is 390 g/mol. The lowest BCUT2D eigenvalue weighted by molar-refractivity contribution is 0.0824. The topological polar surface area (TPSA) is 98.7 Å². The van der Waals surface area contributed by atoms with Crippen LogP contribution in [0.2, 0.25) is 0 Å². The lowest BCUT2D eigenvalue weighted by Crippen LogP contribution is -2.39. The van der Waals surface area contributed by atoms with Crippen LogP contribution in [-0.2, 0) is 6.42 Å². The molecule has 3 rings (SSSR count). The zero-order chi connectivity index (χ0) is 21.1. The standard InChI is InChI=1S/C21H23N3O4S/c1-4-12(11-13-7-6-10-29-13)22-16-17(20(27)19(16)26)23-15-9-5-8-14(18(15)25)21(28)24(2)3/h5-10,12,22-23,25H,4,11H2,1-3H3/t12-/m1/s1. The zero-order valence-corrected chi connectivity index (χ0v) is 17.3. The molecule has 0 radical (unpaired) electrons. The van der Waals surface area contributed by atoms with Gasteiger partial charge in [0.15, 0.2) is 5.75 Å². The van der Waals surface area contributed by atoms with Gasteiger partial charge in [-0.2, -0.15) is 0 Å². The molecule has 0 aliphatic heterocycles. The quantitative estimate of drug-likeness (QED) is 0.388. The lowest BCUT2D eigenvalue weighted by Gasteiger charge is -2.22. The van der Waals surface area contributed by atoms with Gasteiger partial charge in [-0.05, 0) is 30.0 Å². The Balaban J connectivity index is 1.84. The molecule has 29 heavy (non-hydrogen) atoms. The van der Waals surface area contributed by atoms with E-state index in [0.29, 0.717) is 0 Å². The van der Waals surface area contributed by atoms with Gasteiger partial charge in [0.05, 0.1) is 11.3 Å². The summed E-state index contributed by atoms with van der Waals surface area (Å²) in [7, 11) is 3.16. The Kier molecular flexibility index (Phi) is 6.03. The van der Waals surface area contributed by atoms with Crippen molar-refractivity contribution in [1.82, 2.24) is 4.90 Å². The van der Waals surface area contributed by atoms with Crippen molar-refractivity contribution in [1.29, 1.82) is 0 Å². The fourth-order valence-corrected chi connectivity index (χ4v) is 3.80. The van der Waals surface area contributed by atoms with Crippen LogP contribution in [0, 0.1) is 0 Å². The minimum Gasteiger partial charge on any atom is -0.505 e. The smallest absolute Gasteiger partial charge is 0.257 e. The number of carbonyl (C=O) groups excluding carboxylic acids is 1. The highest BCUT2D eigenvalue weighted by Crippen LogP contribution is 2.32. The van der Waals surface area contributed by atoms with Gasteiger partial charge in [0.1, 0.15) is 11.4 Å². The van der Waals surface area contributed by atoms with Crippen LogP contribution in [-0.4, -0.2) is 36.1 Å². The van der Waals surface area contributed by atoms with E-state index in [4.69, 9.17) is 0 Å². The van der Waals surface area contributed by atoms with Crippen LogP contribution in [0.4, 0.5) is 17.1 Å². The second kappa shape index (κ2) is 8.48. The first-order chi connectivity index (χ1) is 13.8. The fraction of sp³-hybridized carbons (Fsp3) is 0.286. The SMILES string of the molecule is CC[C@H](Cc1cccs1)Nc1c(Nc2cccc(C(=O)N(C)C)c2O)c(=O)c1=O. The average molecular weight is 413 g/mol. The summed E-state index contributed by atoms with van der Waals surface area (Å²) in [5.74, 6) is -0.632. The fourth-order valence-electron chi connectivity index (χ4n) is 3.01. The summed E-state index contributed by atoms with van der Waals surface area (Å²) in [5, 5.41) is 18.5. The Bertz CT molecular complexity index is 1080. The molecule has 3 N–H and O–H groups in total. The molecule has 1 aromatic heterocycles. The summed E-state index contributed by atoms with van der Waals surface area (Å²) in [6.07, 6.45) is 1.51. The van der Waals surface area contributed by atoms with Gasteiger partial charge in [-0.1, -0.05) is 19.1 Å². The van der Waals surface area contributed by atoms with Crippen molar-refractivity contribution in [2.24, 2.45) is 0 Å². The Morgan fingerprint density at radius 2 is 1.86 bits per heavy atom. The lowest BCUT2D eigenvalue weighted by atomic mass is 10.1. The zero-order valence-electron chi connectivity index (χ0n) is 16.5. The van der Waals surface area contributed by atoms with E-state index in [1.54, 1.807) is 37.6 Å². The number of phenols is 1. The molecular formula is C21H23N3O4S. The van der Waals surface area contributed by atoms with E-state index in [0.717, 1.165) is 12.8 Å². The van der Waals surface area contributed by atoms with E-state index in [1.807, 2.05) is 24.4 Å². The molecule has 0 saturated carbocycles.